The van der Waals surface area contributed by atoms with Gasteiger partial charge in [-0.25, -0.2) is 10.4 Å². The average Bonchev–Trinajstić information content (AvgIpc) is 3.01. The first-order valence-electron chi connectivity index (χ1n) is 6.29. The molecule has 20 heavy (non-hydrogen) atoms. The van der Waals surface area contributed by atoms with Gasteiger partial charge in [0.25, 0.3) is 0 Å². The van der Waals surface area contributed by atoms with Gasteiger partial charge in [-0.2, -0.15) is 5.10 Å². The van der Waals surface area contributed by atoms with Crippen LogP contribution in [0.15, 0.2) is 42.9 Å². The lowest BCUT2D eigenvalue weighted by Gasteiger charge is -2.00. The van der Waals surface area contributed by atoms with Crippen molar-refractivity contribution < 1.29 is 9.90 Å². The van der Waals surface area contributed by atoms with Gasteiger partial charge in [-0.3, -0.25) is 4.79 Å². The standard InChI is InChI=1S/2C7H10N2O/c1-3-4-6-5(2)8-9-7(6)10;1-2-3-9-6-8-4-7(9)5-10/h3,6H,1,4H2,2H3,(H,9,10);2,4,6,10H,1,3,5H2. The molecule has 2 N–H and O–H groups in total. The van der Waals surface area contributed by atoms with Gasteiger partial charge in [-0.05, 0) is 13.3 Å². The first-order valence-corrected chi connectivity index (χ1v) is 6.29. The molecule has 108 valence electrons. The fourth-order valence-electron chi connectivity index (χ4n) is 1.72. The zero-order valence-corrected chi connectivity index (χ0v) is 11.6. The summed E-state index contributed by atoms with van der Waals surface area (Å²) in [5, 5.41) is 12.5. The largest absolute Gasteiger partial charge is 0.390 e. The summed E-state index contributed by atoms with van der Waals surface area (Å²) < 4.78 is 1.84. The zero-order chi connectivity index (χ0) is 15.0. The van der Waals surface area contributed by atoms with Crippen molar-refractivity contribution in [3.8, 4) is 0 Å². The number of nitrogens with one attached hydrogen (secondary N) is 1. The van der Waals surface area contributed by atoms with E-state index in [1.54, 1.807) is 24.7 Å². The van der Waals surface area contributed by atoms with Gasteiger partial charge < -0.3 is 9.67 Å². The molecule has 1 aromatic rings. The summed E-state index contributed by atoms with van der Waals surface area (Å²) in [6.45, 7) is 9.72. The number of imidazole rings is 1. The second kappa shape index (κ2) is 8.06. The summed E-state index contributed by atoms with van der Waals surface area (Å²) in [6.07, 6.45) is 7.49. The molecule has 0 aromatic carbocycles. The molecule has 0 fully saturated rings. The van der Waals surface area contributed by atoms with Crippen LogP contribution in [0.1, 0.15) is 19.0 Å². The van der Waals surface area contributed by atoms with E-state index in [4.69, 9.17) is 5.11 Å². The molecule has 0 aliphatic carbocycles. The molecule has 0 saturated carbocycles. The number of aliphatic hydroxyl groups is 1. The van der Waals surface area contributed by atoms with E-state index in [1.807, 2.05) is 11.5 Å². The number of aromatic nitrogens is 2. The molecule has 2 heterocycles. The van der Waals surface area contributed by atoms with Gasteiger partial charge >= 0.3 is 0 Å². The lowest BCUT2D eigenvalue weighted by atomic mass is 10.0. The summed E-state index contributed by atoms with van der Waals surface area (Å²) >= 11 is 0. The number of aliphatic hydroxyl groups excluding tert-OH is 1. The van der Waals surface area contributed by atoms with Crippen molar-refractivity contribution in [2.45, 2.75) is 26.5 Å². The Bertz CT molecular complexity index is 505. The van der Waals surface area contributed by atoms with E-state index in [-0.39, 0.29) is 18.4 Å². The molecule has 6 nitrogen and oxygen atoms in total. The van der Waals surface area contributed by atoms with Crippen LogP contribution in [-0.2, 0) is 17.9 Å². The molecule has 0 spiro atoms. The highest BCUT2D eigenvalue weighted by atomic mass is 16.3. The molecule has 1 aliphatic rings. The van der Waals surface area contributed by atoms with E-state index in [9.17, 15) is 4.79 Å². The number of hydrogen-bond acceptors (Lipinski definition) is 4. The van der Waals surface area contributed by atoms with Crippen LogP contribution in [0.2, 0.25) is 0 Å². The third kappa shape index (κ3) is 4.17. The third-order valence-corrected chi connectivity index (χ3v) is 2.85. The molecule has 1 aliphatic heterocycles. The van der Waals surface area contributed by atoms with Crippen molar-refractivity contribution in [1.82, 2.24) is 15.0 Å². The number of carbonyl (C=O) groups excluding carboxylic acids is 1. The van der Waals surface area contributed by atoms with E-state index < -0.39 is 0 Å². The highest BCUT2D eigenvalue weighted by Crippen LogP contribution is 2.10. The van der Waals surface area contributed by atoms with Crippen molar-refractivity contribution in [3.05, 3.63) is 43.5 Å². The molecule has 6 heteroatoms. The SMILES string of the molecule is C=CCC1C(=O)NN=C1C.C=CCn1cncc1CO. The van der Waals surface area contributed by atoms with Crippen molar-refractivity contribution >= 4 is 11.6 Å². The predicted molar refractivity (Wildman–Crippen MR) is 77.9 cm³/mol. The summed E-state index contributed by atoms with van der Waals surface area (Å²) in [7, 11) is 0. The first-order chi connectivity index (χ1) is 9.63. The monoisotopic (exact) mass is 276 g/mol. The van der Waals surface area contributed by atoms with E-state index in [0.29, 0.717) is 13.0 Å². The third-order valence-electron chi connectivity index (χ3n) is 2.85. The van der Waals surface area contributed by atoms with Crippen LogP contribution in [0.3, 0.4) is 0 Å². The minimum Gasteiger partial charge on any atom is -0.390 e. The van der Waals surface area contributed by atoms with Gasteiger partial charge in [0.2, 0.25) is 5.91 Å². The van der Waals surface area contributed by atoms with E-state index in [2.05, 4.69) is 28.7 Å². The van der Waals surface area contributed by atoms with E-state index in [1.165, 1.54) is 0 Å². The minimum absolute atomic E-state index is 0.0163. The molecule has 1 unspecified atom stereocenters. The smallest absolute Gasteiger partial charge is 0.249 e. The number of amides is 1. The highest BCUT2D eigenvalue weighted by molar-refractivity contribution is 6.06. The zero-order valence-electron chi connectivity index (χ0n) is 11.6. The van der Waals surface area contributed by atoms with Gasteiger partial charge in [0.05, 0.1) is 30.7 Å². The second-order valence-electron chi connectivity index (χ2n) is 4.29. The fourth-order valence-corrected chi connectivity index (χ4v) is 1.72. The van der Waals surface area contributed by atoms with Crippen LogP contribution in [0.4, 0.5) is 0 Å². The van der Waals surface area contributed by atoms with Crippen LogP contribution in [0.25, 0.3) is 0 Å². The Morgan fingerprint density at radius 1 is 1.50 bits per heavy atom. The molecular weight excluding hydrogens is 256 g/mol. The van der Waals surface area contributed by atoms with Crippen molar-refractivity contribution in [1.29, 1.82) is 0 Å². The molecule has 0 radical (unpaired) electrons. The lowest BCUT2D eigenvalue weighted by Crippen LogP contribution is -2.21. The average molecular weight is 276 g/mol. The van der Waals surface area contributed by atoms with Crippen molar-refractivity contribution in [3.63, 3.8) is 0 Å². The van der Waals surface area contributed by atoms with Gasteiger partial charge in [-0.15, -0.1) is 13.2 Å². The normalized spacial score (nSPS) is 16.8. The molecule has 1 aromatic heterocycles. The number of carbonyl (C=O) groups is 1. The maximum Gasteiger partial charge on any atom is 0.249 e. The number of hydrogen-bond donors (Lipinski definition) is 2. The van der Waals surface area contributed by atoms with E-state index in [0.717, 1.165) is 11.4 Å². The predicted octanol–water partition coefficient (Wildman–Crippen LogP) is 1.25. The summed E-state index contributed by atoms with van der Waals surface area (Å²) in [5.74, 6) is -0.0881. The first kappa shape index (κ1) is 15.8. The fraction of sp³-hybridized carbons (Fsp3) is 0.357. The van der Waals surface area contributed by atoms with Crippen LogP contribution in [-0.4, -0.2) is 26.3 Å². The Balaban J connectivity index is 0.000000200. The van der Waals surface area contributed by atoms with E-state index >= 15 is 0 Å². The van der Waals surface area contributed by atoms with Gasteiger partial charge in [0, 0.05) is 12.3 Å². The Labute approximate surface area is 118 Å². The summed E-state index contributed by atoms with van der Waals surface area (Å²) in [6, 6.07) is 0. The summed E-state index contributed by atoms with van der Waals surface area (Å²) in [5.41, 5.74) is 4.08. The van der Waals surface area contributed by atoms with Crippen molar-refractivity contribution in [2.24, 2.45) is 11.0 Å². The maximum absolute atomic E-state index is 10.9. The number of hydrazone groups is 1. The minimum atomic E-state index is -0.0718. The molecular formula is C14H20N4O2. The Morgan fingerprint density at radius 2 is 2.25 bits per heavy atom. The van der Waals surface area contributed by atoms with Crippen LogP contribution in [0, 0.1) is 5.92 Å². The number of nitrogens with zero attached hydrogens (tertiary/aromatic N) is 3. The molecule has 0 saturated heterocycles. The Morgan fingerprint density at radius 3 is 2.75 bits per heavy atom. The van der Waals surface area contributed by atoms with Crippen molar-refractivity contribution in [2.75, 3.05) is 0 Å². The lowest BCUT2D eigenvalue weighted by molar-refractivity contribution is -0.122. The molecule has 1 atom stereocenters. The van der Waals surface area contributed by atoms with Crippen LogP contribution >= 0.6 is 0 Å². The second-order valence-corrected chi connectivity index (χ2v) is 4.29. The van der Waals surface area contributed by atoms with Crippen LogP contribution in [0.5, 0.6) is 0 Å². The molecule has 1 amide bonds. The molecule has 0 bridgehead atoms. The number of rotatable bonds is 5. The summed E-state index contributed by atoms with van der Waals surface area (Å²) in [4.78, 5) is 14.8. The topological polar surface area (TPSA) is 79.5 Å². The van der Waals surface area contributed by atoms with Crippen LogP contribution < -0.4 is 5.43 Å². The Kier molecular flexibility index (Phi) is 6.39. The maximum atomic E-state index is 10.9. The van der Waals surface area contributed by atoms with Gasteiger partial charge in [-0.1, -0.05) is 12.2 Å². The molecule has 2 rings (SSSR count). The number of allylic oxidation sites excluding steroid dienone is 2. The highest BCUT2D eigenvalue weighted by Gasteiger charge is 2.24. The van der Waals surface area contributed by atoms with Gasteiger partial charge in [0.1, 0.15) is 0 Å². The Hall–Kier alpha value is -2.21. The quantitative estimate of drug-likeness (QED) is 0.794. The van der Waals surface area contributed by atoms with Gasteiger partial charge in [0.15, 0.2) is 0 Å².